The molecule has 2 aromatic rings. The van der Waals surface area contributed by atoms with Crippen LogP contribution >= 0.6 is 11.3 Å². The van der Waals surface area contributed by atoms with Crippen molar-refractivity contribution in [3.05, 3.63) is 40.7 Å². The van der Waals surface area contributed by atoms with E-state index < -0.39 is 0 Å². The third-order valence-electron chi connectivity index (χ3n) is 3.89. The average Bonchev–Trinajstić information content (AvgIpc) is 2.96. The molecule has 0 aromatic carbocycles. The molecule has 2 aromatic heterocycles. The van der Waals surface area contributed by atoms with Crippen molar-refractivity contribution >= 4 is 22.4 Å². The topological polar surface area (TPSA) is 75.4 Å². The van der Waals surface area contributed by atoms with Gasteiger partial charge in [-0.25, -0.2) is 4.98 Å². The van der Waals surface area contributed by atoms with E-state index in [2.05, 4.69) is 27.9 Å². The van der Waals surface area contributed by atoms with Crippen LogP contribution in [0.1, 0.15) is 21.7 Å². The molecule has 22 heavy (non-hydrogen) atoms. The summed E-state index contributed by atoms with van der Waals surface area (Å²) in [4.78, 5) is 25.0. The summed E-state index contributed by atoms with van der Waals surface area (Å²) < 4.78 is 0. The van der Waals surface area contributed by atoms with E-state index in [0.29, 0.717) is 23.9 Å². The molecule has 1 aliphatic heterocycles. The first-order valence-corrected chi connectivity index (χ1v) is 8.14. The molecule has 0 unspecified atom stereocenters. The van der Waals surface area contributed by atoms with Crippen molar-refractivity contribution in [2.24, 2.45) is 0 Å². The lowest BCUT2D eigenvalue weighted by atomic mass is 10.2. The van der Waals surface area contributed by atoms with Gasteiger partial charge in [0.25, 0.3) is 5.91 Å². The highest BCUT2D eigenvalue weighted by Gasteiger charge is 2.24. The number of nitrogen functional groups attached to an aromatic ring is 1. The molecule has 6 nitrogen and oxygen atoms in total. The number of thiazole rings is 1. The predicted octanol–water partition coefficient (Wildman–Crippen LogP) is 1.39. The number of aromatic nitrogens is 2. The van der Waals surface area contributed by atoms with Gasteiger partial charge in [0, 0.05) is 44.3 Å². The van der Waals surface area contributed by atoms with Crippen LogP contribution in [0.25, 0.3) is 0 Å². The van der Waals surface area contributed by atoms with E-state index in [1.807, 2.05) is 17.2 Å². The Morgan fingerprint density at radius 1 is 1.36 bits per heavy atom. The highest BCUT2D eigenvalue weighted by atomic mass is 32.1. The van der Waals surface area contributed by atoms with Crippen LogP contribution in [0, 0.1) is 6.92 Å². The summed E-state index contributed by atoms with van der Waals surface area (Å²) in [5.41, 5.74) is 8.36. The summed E-state index contributed by atoms with van der Waals surface area (Å²) in [6, 6.07) is 4.03. The monoisotopic (exact) mass is 317 g/mol. The normalized spacial score (nSPS) is 16.0. The number of anilines is 1. The Bertz CT molecular complexity index is 663. The maximum Gasteiger partial charge on any atom is 0.273 e. The number of hydrogen-bond acceptors (Lipinski definition) is 6. The molecule has 0 spiro atoms. The summed E-state index contributed by atoms with van der Waals surface area (Å²) in [5, 5.41) is 2.16. The van der Waals surface area contributed by atoms with Gasteiger partial charge in [-0.2, -0.15) is 0 Å². The van der Waals surface area contributed by atoms with Crippen molar-refractivity contribution in [2.45, 2.75) is 13.5 Å². The van der Waals surface area contributed by atoms with Gasteiger partial charge in [-0.15, -0.1) is 11.3 Å². The maximum absolute atomic E-state index is 12.3. The summed E-state index contributed by atoms with van der Waals surface area (Å²) in [6.07, 6.45) is 1.83. The Balaban J connectivity index is 1.56. The van der Waals surface area contributed by atoms with Crippen LogP contribution in [0.4, 0.5) is 5.13 Å². The largest absolute Gasteiger partial charge is 0.375 e. The van der Waals surface area contributed by atoms with Crippen LogP contribution in [0.2, 0.25) is 0 Å². The zero-order valence-corrected chi connectivity index (χ0v) is 13.3. The molecule has 1 aliphatic rings. The lowest BCUT2D eigenvalue weighted by Crippen LogP contribution is -2.48. The number of carbonyl (C=O) groups excluding carboxylic acids is 1. The SMILES string of the molecule is Cc1cccnc1CN1CCN(C(=O)c2csc(N)n2)CC1. The highest BCUT2D eigenvalue weighted by molar-refractivity contribution is 7.13. The van der Waals surface area contributed by atoms with Crippen LogP contribution < -0.4 is 5.73 Å². The molecule has 0 radical (unpaired) electrons. The van der Waals surface area contributed by atoms with Gasteiger partial charge in [-0.05, 0) is 18.6 Å². The number of rotatable bonds is 3. The second-order valence-corrected chi connectivity index (χ2v) is 6.30. The number of carbonyl (C=O) groups is 1. The lowest BCUT2D eigenvalue weighted by Gasteiger charge is -2.34. The zero-order chi connectivity index (χ0) is 15.5. The molecule has 1 fully saturated rings. The number of amides is 1. The summed E-state index contributed by atoms with van der Waals surface area (Å²) in [7, 11) is 0. The van der Waals surface area contributed by atoms with Gasteiger partial charge >= 0.3 is 0 Å². The molecular formula is C15H19N5OS. The van der Waals surface area contributed by atoms with Crippen LogP contribution in [-0.2, 0) is 6.54 Å². The second kappa shape index (κ2) is 6.41. The van der Waals surface area contributed by atoms with Gasteiger partial charge in [0.2, 0.25) is 0 Å². The average molecular weight is 317 g/mol. The van der Waals surface area contributed by atoms with Crippen molar-refractivity contribution in [1.29, 1.82) is 0 Å². The van der Waals surface area contributed by atoms with Crippen LogP contribution in [0.3, 0.4) is 0 Å². The molecule has 7 heteroatoms. The number of pyridine rings is 1. The number of aryl methyl sites for hydroxylation is 1. The van der Waals surface area contributed by atoms with Crippen molar-refractivity contribution < 1.29 is 4.79 Å². The molecule has 3 rings (SSSR count). The molecule has 0 bridgehead atoms. The van der Waals surface area contributed by atoms with Crippen molar-refractivity contribution in [1.82, 2.24) is 19.8 Å². The molecule has 116 valence electrons. The van der Waals surface area contributed by atoms with Crippen LogP contribution in [-0.4, -0.2) is 51.9 Å². The van der Waals surface area contributed by atoms with Crippen molar-refractivity contribution in [3.8, 4) is 0 Å². The minimum atomic E-state index is -0.0263. The van der Waals surface area contributed by atoms with Crippen LogP contribution in [0.5, 0.6) is 0 Å². The molecule has 2 N–H and O–H groups in total. The summed E-state index contributed by atoms with van der Waals surface area (Å²) in [5.74, 6) is -0.0263. The lowest BCUT2D eigenvalue weighted by molar-refractivity contribution is 0.0622. The standard InChI is InChI=1S/C15H19N5OS/c1-11-3-2-4-17-12(11)9-19-5-7-20(8-6-19)14(21)13-10-22-15(16)18-13/h2-4,10H,5-9H2,1H3,(H2,16,18). The quantitative estimate of drug-likeness (QED) is 0.926. The Labute approximate surface area is 133 Å². The summed E-state index contributed by atoms with van der Waals surface area (Å²) in [6.45, 7) is 6.03. The first-order valence-electron chi connectivity index (χ1n) is 7.26. The fraction of sp³-hybridized carbons (Fsp3) is 0.400. The van der Waals surface area contributed by atoms with Gasteiger partial charge in [0.1, 0.15) is 5.69 Å². The Morgan fingerprint density at radius 3 is 2.77 bits per heavy atom. The molecule has 0 atom stereocenters. The smallest absolute Gasteiger partial charge is 0.273 e. The van der Waals surface area contributed by atoms with Crippen molar-refractivity contribution in [3.63, 3.8) is 0 Å². The Kier molecular flexibility index (Phi) is 4.35. The molecular weight excluding hydrogens is 298 g/mol. The first kappa shape index (κ1) is 14.9. The van der Waals surface area contributed by atoms with E-state index in [9.17, 15) is 4.79 Å². The van der Waals surface area contributed by atoms with Gasteiger partial charge in [0.15, 0.2) is 5.13 Å². The fourth-order valence-corrected chi connectivity index (χ4v) is 3.09. The van der Waals surface area contributed by atoms with E-state index in [1.165, 1.54) is 16.9 Å². The van der Waals surface area contributed by atoms with Gasteiger partial charge < -0.3 is 10.6 Å². The van der Waals surface area contributed by atoms with E-state index in [1.54, 1.807) is 5.38 Å². The number of hydrogen-bond donors (Lipinski definition) is 1. The van der Waals surface area contributed by atoms with E-state index >= 15 is 0 Å². The minimum absolute atomic E-state index is 0.0263. The third-order valence-corrected chi connectivity index (χ3v) is 4.57. The first-order chi connectivity index (χ1) is 10.6. The third kappa shape index (κ3) is 3.26. The van der Waals surface area contributed by atoms with E-state index in [-0.39, 0.29) is 5.91 Å². The van der Waals surface area contributed by atoms with Gasteiger partial charge in [0.05, 0.1) is 5.69 Å². The zero-order valence-electron chi connectivity index (χ0n) is 12.5. The molecule has 0 aliphatic carbocycles. The Hall–Kier alpha value is -1.99. The van der Waals surface area contributed by atoms with E-state index in [4.69, 9.17) is 5.73 Å². The minimum Gasteiger partial charge on any atom is -0.375 e. The summed E-state index contributed by atoms with van der Waals surface area (Å²) >= 11 is 1.30. The predicted molar refractivity (Wildman–Crippen MR) is 86.7 cm³/mol. The second-order valence-electron chi connectivity index (χ2n) is 5.41. The Morgan fingerprint density at radius 2 is 2.14 bits per heavy atom. The molecule has 1 amide bonds. The number of nitrogens with zero attached hydrogens (tertiary/aromatic N) is 4. The van der Waals surface area contributed by atoms with E-state index in [0.717, 1.165) is 25.3 Å². The molecule has 0 saturated carbocycles. The fourth-order valence-electron chi connectivity index (χ4n) is 2.55. The maximum atomic E-state index is 12.3. The number of piperazine rings is 1. The molecule has 3 heterocycles. The molecule has 1 saturated heterocycles. The van der Waals surface area contributed by atoms with Crippen molar-refractivity contribution in [2.75, 3.05) is 31.9 Å². The van der Waals surface area contributed by atoms with Gasteiger partial charge in [-0.1, -0.05) is 6.07 Å². The van der Waals surface area contributed by atoms with Gasteiger partial charge in [-0.3, -0.25) is 14.7 Å². The van der Waals surface area contributed by atoms with Crippen LogP contribution in [0.15, 0.2) is 23.7 Å². The highest BCUT2D eigenvalue weighted by Crippen LogP contribution is 2.15. The number of nitrogens with two attached hydrogens (primary N) is 1.